The van der Waals surface area contributed by atoms with Crippen molar-refractivity contribution in [3.8, 4) is 0 Å². The molecule has 0 spiro atoms. The van der Waals surface area contributed by atoms with Crippen LogP contribution in [0.25, 0.3) is 0 Å². The van der Waals surface area contributed by atoms with Gasteiger partial charge in [0, 0.05) is 0 Å². The van der Waals surface area contributed by atoms with Gasteiger partial charge in [-0.2, -0.15) is 0 Å². The van der Waals surface area contributed by atoms with Crippen molar-refractivity contribution in [2.45, 2.75) is 32.6 Å². The smallest absolute Gasteiger partial charge is 0.0328 e. The predicted molar refractivity (Wildman–Crippen MR) is 70.4 cm³/mol. The lowest BCUT2D eigenvalue weighted by Crippen LogP contribution is -1.77. The lowest BCUT2D eigenvalue weighted by Gasteiger charge is -2.00. The second-order valence-electron chi connectivity index (χ2n) is 4.17. The summed E-state index contributed by atoms with van der Waals surface area (Å²) in [6.07, 6.45) is 10.4. The molecule has 0 saturated carbocycles. The fraction of sp³-hybridized carbons (Fsp3) is 1.00. The third kappa shape index (κ3) is 10.8. The third-order valence-corrected chi connectivity index (χ3v) is 5.66. The Kier molecular flexibility index (Phi) is 10.0. The highest BCUT2D eigenvalue weighted by Gasteiger charge is 2.06. The Morgan fingerprint density at radius 1 is 1.15 bits per heavy atom. The average molecular weight is 220 g/mol. The van der Waals surface area contributed by atoms with Gasteiger partial charge in [0.15, 0.2) is 0 Å². The number of rotatable bonds is 3. The first-order valence-electron chi connectivity index (χ1n) is 5.50. The van der Waals surface area contributed by atoms with E-state index in [-0.39, 0.29) is 0 Å². The molecule has 0 N–H and O–H groups in total. The molecule has 80 valence electrons. The van der Waals surface area contributed by atoms with Crippen LogP contribution in [0, 0.1) is 0 Å². The van der Waals surface area contributed by atoms with Crippen molar-refractivity contribution in [1.29, 1.82) is 0 Å². The van der Waals surface area contributed by atoms with Gasteiger partial charge in [-0.3, -0.25) is 0 Å². The zero-order valence-electron chi connectivity index (χ0n) is 9.84. The van der Waals surface area contributed by atoms with Crippen molar-refractivity contribution in [1.82, 2.24) is 0 Å². The summed E-state index contributed by atoms with van der Waals surface area (Å²) in [7, 11) is 0.929. The van der Waals surface area contributed by atoms with Crippen LogP contribution in [0.15, 0.2) is 0 Å². The van der Waals surface area contributed by atoms with Crippen LogP contribution in [-0.2, 0) is 0 Å². The lowest BCUT2D eigenvalue weighted by molar-refractivity contribution is 0.892. The summed E-state index contributed by atoms with van der Waals surface area (Å²) in [5.74, 6) is 0. The molecular formula is C11H26P2. The third-order valence-electron chi connectivity index (χ3n) is 2.29. The molecule has 2 heteroatoms. The van der Waals surface area contributed by atoms with Gasteiger partial charge in [0.2, 0.25) is 0 Å². The summed E-state index contributed by atoms with van der Waals surface area (Å²) >= 11 is 0. The first-order valence-corrected chi connectivity index (χ1v) is 10.1. The van der Waals surface area contributed by atoms with E-state index in [4.69, 9.17) is 0 Å². The van der Waals surface area contributed by atoms with Gasteiger partial charge in [0.05, 0.1) is 0 Å². The van der Waals surface area contributed by atoms with Gasteiger partial charge in [-0.15, -0.1) is 15.8 Å². The van der Waals surface area contributed by atoms with Crippen molar-refractivity contribution in [2.75, 3.05) is 38.5 Å². The quantitative estimate of drug-likeness (QED) is 0.617. The second kappa shape index (κ2) is 9.42. The average Bonchev–Trinajstić information content (AvgIpc) is 2.53. The van der Waals surface area contributed by atoms with Crippen molar-refractivity contribution in [3.63, 3.8) is 0 Å². The normalized spacial score (nSPS) is 17.3. The molecule has 0 radical (unpaired) electrons. The standard InChI is InChI=1S/C6H15P.C5H11P/c1-4-5-6-7(2)3;1-6-4-2-3-5-6/h4-6H2,1-3H3;2-5H2,1H3. The highest BCUT2D eigenvalue weighted by molar-refractivity contribution is 7.57. The Hall–Kier alpha value is 0.860. The molecule has 1 saturated heterocycles. The maximum absolute atomic E-state index is 2.41. The summed E-state index contributed by atoms with van der Waals surface area (Å²) in [5.41, 5.74) is 0. The number of hydrogen-bond donors (Lipinski definition) is 0. The van der Waals surface area contributed by atoms with Gasteiger partial charge in [0.25, 0.3) is 0 Å². The SMILES string of the molecule is CCCCP(C)C.CP1CCCC1. The molecule has 0 atom stereocenters. The molecular weight excluding hydrogens is 194 g/mol. The minimum Gasteiger partial charge on any atom is -0.113 e. The first-order chi connectivity index (χ1) is 6.16. The maximum Gasteiger partial charge on any atom is -0.0328 e. The van der Waals surface area contributed by atoms with Crippen LogP contribution >= 0.6 is 15.8 Å². The van der Waals surface area contributed by atoms with Gasteiger partial charge < -0.3 is 0 Å². The van der Waals surface area contributed by atoms with E-state index < -0.39 is 0 Å². The van der Waals surface area contributed by atoms with Crippen LogP contribution in [0.4, 0.5) is 0 Å². The fourth-order valence-corrected chi connectivity index (χ4v) is 4.05. The van der Waals surface area contributed by atoms with Gasteiger partial charge in [-0.25, -0.2) is 0 Å². The largest absolute Gasteiger partial charge is 0.113 e. The Bertz CT molecular complexity index is 96.3. The van der Waals surface area contributed by atoms with Crippen LogP contribution in [0.2, 0.25) is 0 Å². The minimum atomic E-state index is 0.394. The van der Waals surface area contributed by atoms with Crippen LogP contribution in [-0.4, -0.2) is 38.5 Å². The van der Waals surface area contributed by atoms with Crippen LogP contribution < -0.4 is 0 Å². The molecule has 0 aromatic carbocycles. The van der Waals surface area contributed by atoms with E-state index in [1.165, 1.54) is 31.8 Å². The van der Waals surface area contributed by atoms with Crippen molar-refractivity contribution in [3.05, 3.63) is 0 Å². The molecule has 1 aliphatic rings. The van der Waals surface area contributed by atoms with Crippen LogP contribution in [0.3, 0.4) is 0 Å². The van der Waals surface area contributed by atoms with Gasteiger partial charge in [-0.05, 0) is 57.7 Å². The zero-order chi connectivity index (χ0) is 10.1. The summed E-state index contributed by atoms with van der Waals surface area (Å²) in [6.45, 7) is 9.33. The summed E-state index contributed by atoms with van der Waals surface area (Å²) in [6, 6.07) is 0. The van der Waals surface area contributed by atoms with E-state index in [0.717, 1.165) is 0 Å². The summed E-state index contributed by atoms with van der Waals surface area (Å²) < 4.78 is 0. The van der Waals surface area contributed by atoms with E-state index in [2.05, 4.69) is 26.9 Å². The van der Waals surface area contributed by atoms with E-state index in [1.807, 2.05) is 0 Å². The van der Waals surface area contributed by atoms with E-state index >= 15 is 0 Å². The Labute approximate surface area is 87.4 Å². The van der Waals surface area contributed by atoms with Crippen LogP contribution in [0.5, 0.6) is 0 Å². The van der Waals surface area contributed by atoms with Crippen molar-refractivity contribution < 1.29 is 0 Å². The Morgan fingerprint density at radius 2 is 1.69 bits per heavy atom. The van der Waals surface area contributed by atoms with Gasteiger partial charge in [-0.1, -0.05) is 13.3 Å². The summed E-state index contributed by atoms with van der Waals surface area (Å²) in [4.78, 5) is 0. The predicted octanol–water partition coefficient (Wildman–Crippen LogP) is 4.42. The number of unbranched alkanes of at least 4 members (excludes halogenated alkanes) is 1. The molecule has 0 amide bonds. The molecule has 13 heavy (non-hydrogen) atoms. The maximum atomic E-state index is 2.41. The second-order valence-corrected chi connectivity index (χ2v) is 9.38. The lowest BCUT2D eigenvalue weighted by atomic mass is 10.4. The molecule has 1 aliphatic heterocycles. The Balaban J connectivity index is 0.000000223. The highest BCUT2D eigenvalue weighted by atomic mass is 31.1. The topological polar surface area (TPSA) is 0 Å². The van der Waals surface area contributed by atoms with Gasteiger partial charge in [0.1, 0.15) is 0 Å². The van der Waals surface area contributed by atoms with Crippen molar-refractivity contribution >= 4 is 15.8 Å². The van der Waals surface area contributed by atoms with E-state index in [0.29, 0.717) is 15.8 Å². The molecule has 1 heterocycles. The zero-order valence-corrected chi connectivity index (χ0v) is 11.6. The highest BCUT2D eigenvalue weighted by Crippen LogP contribution is 2.38. The van der Waals surface area contributed by atoms with Gasteiger partial charge >= 0.3 is 0 Å². The minimum absolute atomic E-state index is 0.394. The molecule has 1 rings (SSSR count). The monoisotopic (exact) mass is 220 g/mol. The molecule has 0 aromatic heterocycles. The van der Waals surface area contributed by atoms with Crippen LogP contribution in [0.1, 0.15) is 32.6 Å². The molecule has 0 unspecified atom stereocenters. The fourth-order valence-electron chi connectivity index (χ4n) is 1.35. The summed E-state index contributed by atoms with van der Waals surface area (Å²) in [5, 5.41) is 0. The van der Waals surface area contributed by atoms with E-state index in [9.17, 15) is 0 Å². The molecule has 0 aromatic rings. The molecule has 1 fully saturated rings. The first kappa shape index (κ1) is 13.9. The number of hydrogen-bond acceptors (Lipinski definition) is 0. The molecule has 0 aliphatic carbocycles. The Morgan fingerprint density at radius 3 is 1.85 bits per heavy atom. The van der Waals surface area contributed by atoms with Crippen molar-refractivity contribution in [2.24, 2.45) is 0 Å². The van der Waals surface area contributed by atoms with E-state index in [1.54, 1.807) is 12.3 Å². The molecule has 0 nitrogen and oxygen atoms in total. The molecule has 0 bridgehead atoms.